The summed E-state index contributed by atoms with van der Waals surface area (Å²) in [6.07, 6.45) is 2.49. The molecule has 0 aliphatic carbocycles. The number of hydroxylamine groups is 1. The van der Waals surface area contributed by atoms with Gasteiger partial charge in [-0.1, -0.05) is 4.98 Å². The molecule has 0 bridgehead atoms. The van der Waals surface area contributed by atoms with Gasteiger partial charge in [-0.05, 0) is 46.5 Å². The third-order valence-corrected chi connectivity index (χ3v) is 4.69. The van der Waals surface area contributed by atoms with Crippen molar-refractivity contribution in [1.82, 2.24) is 20.3 Å². The highest BCUT2D eigenvalue weighted by Crippen LogP contribution is 2.12. The van der Waals surface area contributed by atoms with Gasteiger partial charge >= 0.3 is 5.95 Å². The van der Waals surface area contributed by atoms with Crippen molar-refractivity contribution >= 4 is 17.4 Å². The van der Waals surface area contributed by atoms with E-state index in [0.29, 0.717) is 12.3 Å². The first-order valence-electron chi connectivity index (χ1n) is 8.73. The standard InChI is InChI=1S/C17H31N7O3/c1-12(18)16(3,4)21-10-14(27-22-17(5,6)13(2)19-7)11-23-9-8-20-15(23)24(25)26/h8-9,14,18,21-22H,10-11H2,1-7H3. The molecule has 0 aliphatic rings. The molecule has 3 N–H and O–H groups in total. The lowest BCUT2D eigenvalue weighted by molar-refractivity contribution is -0.397. The molecule has 0 aromatic carbocycles. The predicted molar refractivity (Wildman–Crippen MR) is 105 cm³/mol. The highest BCUT2D eigenvalue weighted by atomic mass is 16.7. The highest BCUT2D eigenvalue weighted by molar-refractivity contribution is 5.90. The maximum Gasteiger partial charge on any atom is 0.434 e. The van der Waals surface area contributed by atoms with Gasteiger partial charge < -0.3 is 20.8 Å². The second-order valence-corrected chi connectivity index (χ2v) is 7.54. The largest absolute Gasteiger partial charge is 0.434 e. The van der Waals surface area contributed by atoms with Crippen LogP contribution in [0.5, 0.6) is 0 Å². The van der Waals surface area contributed by atoms with E-state index in [2.05, 4.69) is 20.8 Å². The lowest BCUT2D eigenvalue weighted by Crippen LogP contribution is -2.53. The molecule has 152 valence electrons. The van der Waals surface area contributed by atoms with Gasteiger partial charge in [0, 0.05) is 25.0 Å². The first kappa shape index (κ1) is 22.9. The summed E-state index contributed by atoms with van der Waals surface area (Å²) in [5.74, 6) is -0.239. The Morgan fingerprint density at radius 1 is 1.41 bits per heavy atom. The van der Waals surface area contributed by atoms with E-state index < -0.39 is 22.1 Å². The molecule has 0 spiro atoms. The zero-order valence-electron chi connectivity index (χ0n) is 17.2. The van der Waals surface area contributed by atoms with E-state index in [1.807, 2.05) is 34.6 Å². The minimum atomic E-state index is -0.526. The maximum absolute atomic E-state index is 11.1. The normalized spacial score (nSPS) is 14.3. The van der Waals surface area contributed by atoms with Crippen LogP contribution in [0.2, 0.25) is 0 Å². The molecular weight excluding hydrogens is 350 g/mol. The quantitative estimate of drug-likeness (QED) is 0.305. The van der Waals surface area contributed by atoms with Gasteiger partial charge in [-0.15, -0.1) is 0 Å². The van der Waals surface area contributed by atoms with E-state index in [1.165, 1.54) is 10.8 Å². The Hall–Kier alpha value is -2.17. The molecule has 1 rings (SSSR count). The molecule has 10 heteroatoms. The van der Waals surface area contributed by atoms with Gasteiger partial charge in [0.1, 0.15) is 25.0 Å². The summed E-state index contributed by atoms with van der Waals surface area (Å²) >= 11 is 0. The summed E-state index contributed by atoms with van der Waals surface area (Å²) in [6, 6.07) is 0. The van der Waals surface area contributed by atoms with E-state index in [0.717, 1.165) is 5.71 Å². The van der Waals surface area contributed by atoms with Crippen LogP contribution >= 0.6 is 0 Å². The van der Waals surface area contributed by atoms with Crippen molar-refractivity contribution < 1.29 is 9.76 Å². The fourth-order valence-electron chi connectivity index (χ4n) is 2.06. The Labute approximate surface area is 160 Å². The molecule has 0 radical (unpaired) electrons. The van der Waals surface area contributed by atoms with Crippen LogP contribution in [0.25, 0.3) is 0 Å². The second kappa shape index (κ2) is 9.16. The van der Waals surface area contributed by atoms with Crippen molar-refractivity contribution in [3.05, 3.63) is 22.5 Å². The number of rotatable bonds is 11. The van der Waals surface area contributed by atoms with E-state index in [-0.39, 0.29) is 12.5 Å². The van der Waals surface area contributed by atoms with Crippen LogP contribution in [-0.4, -0.2) is 56.7 Å². The molecule has 0 aliphatic heterocycles. The molecule has 0 fully saturated rings. The first-order chi connectivity index (χ1) is 12.4. The summed E-state index contributed by atoms with van der Waals surface area (Å²) in [7, 11) is 1.71. The van der Waals surface area contributed by atoms with E-state index in [4.69, 9.17) is 10.2 Å². The summed E-state index contributed by atoms with van der Waals surface area (Å²) in [5, 5.41) is 22.3. The van der Waals surface area contributed by atoms with Gasteiger partial charge in [0.05, 0.1) is 11.1 Å². The highest BCUT2D eigenvalue weighted by Gasteiger charge is 2.27. The number of hydrogen-bond acceptors (Lipinski definition) is 8. The smallest absolute Gasteiger partial charge is 0.390 e. The Morgan fingerprint density at radius 2 is 2.04 bits per heavy atom. The Bertz CT molecular complexity index is 694. The van der Waals surface area contributed by atoms with Gasteiger partial charge in [0.2, 0.25) is 0 Å². The third-order valence-electron chi connectivity index (χ3n) is 4.69. The van der Waals surface area contributed by atoms with Crippen molar-refractivity contribution in [3.8, 4) is 0 Å². The molecule has 1 aromatic rings. The van der Waals surface area contributed by atoms with Gasteiger partial charge in [-0.25, -0.2) is 4.57 Å². The molecule has 27 heavy (non-hydrogen) atoms. The van der Waals surface area contributed by atoms with Gasteiger partial charge in [0.15, 0.2) is 0 Å². The average molecular weight is 381 g/mol. The molecule has 1 heterocycles. The first-order valence-corrected chi connectivity index (χ1v) is 8.73. The Morgan fingerprint density at radius 3 is 2.56 bits per heavy atom. The van der Waals surface area contributed by atoms with Gasteiger partial charge in [0.25, 0.3) is 0 Å². The van der Waals surface area contributed by atoms with E-state index >= 15 is 0 Å². The van der Waals surface area contributed by atoms with Crippen LogP contribution < -0.4 is 10.8 Å². The van der Waals surface area contributed by atoms with E-state index in [9.17, 15) is 10.1 Å². The maximum atomic E-state index is 11.1. The number of aliphatic imine (C=N–C) groups is 1. The molecule has 1 unspecified atom stereocenters. The van der Waals surface area contributed by atoms with Crippen molar-refractivity contribution in [2.75, 3.05) is 13.6 Å². The van der Waals surface area contributed by atoms with Crippen LogP contribution in [0.15, 0.2) is 17.4 Å². The molecule has 0 saturated carbocycles. The van der Waals surface area contributed by atoms with Gasteiger partial charge in [-0.2, -0.15) is 5.48 Å². The monoisotopic (exact) mass is 381 g/mol. The minimum Gasteiger partial charge on any atom is -0.390 e. The zero-order valence-corrected chi connectivity index (χ0v) is 17.2. The summed E-state index contributed by atoms with van der Waals surface area (Å²) in [4.78, 5) is 24.4. The number of aromatic nitrogens is 2. The SMILES string of the molecule is CN=C(C)C(C)(C)NOC(CNC(C)(C)C(C)=N)Cn1ccnc1[N+](=O)[O-]. The lowest BCUT2D eigenvalue weighted by atomic mass is 9.99. The van der Waals surface area contributed by atoms with Crippen LogP contribution in [-0.2, 0) is 11.4 Å². The summed E-state index contributed by atoms with van der Waals surface area (Å²) in [5.41, 5.74) is 3.34. The second-order valence-electron chi connectivity index (χ2n) is 7.54. The van der Waals surface area contributed by atoms with Crippen LogP contribution in [0.4, 0.5) is 5.95 Å². The van der Waals surface area contributed by atoms with Crippen LogP contribution in [0.3, 0.4) is 0 Å². The number of hydrogen-bond donors (Lipinski definition) is 3. The Kier molecular flexibility index (Phi) is 7.76. The van der Waals surface area contributed by atoms with Crippen molar-refractivity contribution in [3.63, 3.8) is 0 Å². The van der Waals surface area contributed by atoms with Crippen molar-refractivity contribution in [2.24, 2.45) is 4.99 Å². The van der Waals surface area contributed by atoms with Gasteiger partial charge in [-0.3, -0.25) is 9.83 Å². The zero-order chi connectivity index (χ0) is 20.8. The molecule has 1 aromatic heterocycles. The number of imidazole rings is 1. The number of nitrogens with zero attached hydrogens (tertiary/aromatic N) is 4. The van der Waals surface area contributed by atoms with E-state index in [1.54, 1.807) is 20.2 Å². The predicted octanol–water partition coefficient (Wildman–Crippen LogP) is 1.96. The lowest BCUT2D eigenvalue weighted by Gasteiger charge is -2.31. The number of nitro groups is 1. The molecule has 0 amide bonds. The summed E-state index contributed by atoms with van der Waals surface area (Å²) in [6.45, 7) is 11.9. The van der Waals surface area contributed by atoms with Crippen molar-refractivity contribution in [2.45, 2.75) is 65.3 Å². The molecular formula is C17H31N7O3. The topological polar surface area (TPSA) is 130 Å². The fourth-order valence-corrected chi connectivity index (χ4v) is 2.06. The molecule has 1 atom stereocenters. The molecule has 10 nitrogen and oxygen atoms in total. The average Bonchev–Trinajstić information content (AvgIpc) is 3.04. The molecule has 0 saturated heterocycles. The summed E-state index contributed by atoms with van der Waals surface area (Å²) < 4.78 is 1.44. The van der Waals surface area contributed by atoms with Crippen molar-refractivity contribution in [1.29, 1.82) is 5.41 Å². The fraction of sp³-hybridized carbons (Fsp3) is 0.706. The third kappa shape index (κ3) is 6.49. The Balaban J connectivity index is 2.93. The van der Waals surface area contributed by atoms with Crippen LogP contribution in [0, 0.1) is 15.5 Å². The number of nitrogens with one attached hydrogen (secondary N) is 3. The minimum absolute atomic E-state index is 0.224. The van der Waals surface area contributed by atoms with Crippen LogP contribution in [0.1, 0.15) is 41.5 Å².